The van der Waals surface area contributed by atoms with Crippen molar-refractivity contribution in [2.75, 3.05) is 6.26 Å². The third kappa shape index (κ3) is 2.50. The zero-order valence-corrected chi connectivity index (χ0v) is 12.9. The van der Waals surface area contributed by atoms with Crippen LogP contribution >= 0.6 is 0 Å². The monoisotopic (exact) mass is 330 g/mol. The fourth-order valence-corrected chi connectivity index (χ4v) is 2.84. The van der Waals surface area contributed by atoms with E-state index in [0.717, 1.165) is 5.56 Å². The van der Waals surface area contributed by atoms with E-state index in [1.807, 2.05) is 22.8 Å². The Balaban J connectivity index is 1.72. The summed E-state index contributed by atoms with van der Waals surface area (Å²) in [6.45, 7) is 0.510. The number of benzene rings is 1. The first-order valence-electron chi connectivity index (χ1n) is 6.79. The summed E-state index contributed by atoms with van der Waals surface area (Å²) in [5.74, 6) is -0.411. The van der Waals surface area contributed by atoms with Gasteiger partial charge >= 0.3 is 0 Å². The molecule has 0 saturated heterocycles. The SMILES string of the molecule is CS(=O)c1nc2ccc(Cn3cnc4cc(F)cnc43)cc2o1. The van der Waals surface area contributed by atoms with Gasteiger partial charge in [0.1, 0.15) is 27.7 Å². The fraction of sp³-hybridized carbons (Fsp3) is 0.133. The van der Waals surface area contributed by atoms with Crippen molar-refractivity contribution in [1.29, 1.82) is 0 Å². The summed E-state index contributed by atoms with van der Waals surface area (Å²) in [7, 11) is -1.26. The molecule has 1 atom stereocenters. The second-order valence-electron chi connectivity index (χ2n) is 5.10. The van der Waals surface area contributed by atoms with Crippen molar-refractivity contribution < 1.29 is 13.0 Å². The topological polar surface area (TPSA) is 73.8 Å². The molecule has 6 nitrogen and oxygen atoms in total. The third-order valence-electron chi connectivity index (χ3n) is 3.45. The van der Waals surface area contributed by atoms with E-state index < -0.39 is 16.6 Å². The van der Waals surface area contributed by atoms with E-state index in [4.69, 9.17) is 4.42 Å². The average Bonchev–Trinajstić information content (AvgIpc) is 3.11. The van der Waals surface area contributed by atoms with Gasteiger partial charge in [-0.1, -0.05) is 6.07 Å². The number of imidazole rings is 1. The fourth-order valence-electron chi connectivity index (χ4n) is 2.41. The summed E-state index contributed by atoms with van der Waals surface area (Å²) in [6, 6.07) is 6.91. The molecule has 0 aliphatic carbocycles. The molecule has 0 radical (unpaired) electrons. The van der Waals surface area contributed by atoms with Gasteiger partial charge in [0.05, 0.1) is 19.1 Å². The lowest BCUT2D eigenvalue weighted by molar-refractivity contribution is 0.478. The van der Waals surface area contributed by atoms with Gasteiger partial charge in [0.15, 0.2) is 11.2 Å². The van der Waals surface area contributed by atoms with Crippen LogP contribution in [-0.2, 0) is 17.3 Å². The zero-order valence-electron chi connectivity index (χ0n) is 12.1. The van der Waals surface area contributed by atoms with Crippen molar-refractivity contribution in [2.24, 2.45) is 0 Å². The van der Waals surface area contributed by atoms with Crippen LogP contribution in [0.2, 0.25) is 0 Å². The molecule has 23 heavy (non-hydrogen) atoms. The second-order valence-corrected chi connectivity index (χ2v) is 6.36. The number of rotatable bonds is 3. The Labute approximate surface area is 132 Å². The second kappa shape index (κ2) is 5.24. The van der Waals surface area contributed by atoms with Gasteiger partial charge in [-0.15, -0.1) is 0 Å². The lowest BCUT2D eigenvalue weighted by atomic mass is 10.2. The van der Waals surface area contributed by atoms with Crippen LogP contribution in [0.4, 0.5) is 4.39 Å². The Bertz CT molecular complexity index is 1060. The summed E-state index contributed by atoms with van der Waals surface area (Å²) < 4.78 is 31.9. The Hall–Kier alpha value is -2.61. The Morgan fingerprint density at radius 2 is 2.13 bits per heavy atom. The molecule has 0 bridgehead atoms. The molecule has 0 aliphatic rings. The minimum atomic E-state index is -1.26. The van der Waals surface area contributed by atoms with Crippen LogP contribution in [0.5, 0.6) is 0 Å². The highest BCUT2D eigenvalue weighted by atomic mass is 32.2. The summed E-state index contributed by atoms with van der Waals surface area (Å²) >= 11 is 0. The molecular formula is C15H11FN4O2S. The maximum absolute atomic E-state index is 13.2. The van der Waals surface area contributed by atoms with Gasteiger partial charge in [-0.25, -0.2) is 23.6 Å². The van der Waals surface area contributed by atoms with E-state index in [2.05, 4.69) is 15.0 Å². The maximum atomic E-state index is 13.2. The van der Waals surface area contributed by atoms with Crippen molar-refractivity contribution in [3.63, 3.8) is 0 Å². The smallest absolute Gasteiger partial charge is 0.287 e. The highest BCUT2D eigenvalue weighted by Crippen LogP contribution is 2.20. The van der Waals surface area contributed by atoms with Crippen LogP contribution < -0.4 is 0 Å². The first kappa shape index (κ1) is 14.0. The minimum absolute atomic E-state index is 0.211. The van der Waals surface area contributed by atoms with Crippen LogP contribution in [0.25, 0.3) is 22.3 Å². The Morgan fingerprint density at radius 1 is 1.26 bits per heavy atom. The number of pyridine rings is 1. The predicted octanol–water partition coefficient (Wildman–Crippen LogP) is 2.50. The lowest BCUT2D eigenvalue weighted by Crippen LogP contribution is -1.99. The zero-order chi connectivity index (χ0) is 16.0. The lowest BCUT2D eigenvalue weighted by Gasteiger charge is -2.03. The molecule has 0 saturated carbocycles. The highest BCUT2D eigenvalue weighted by molar-refractivity contribution is 7.84. The van der Waals surface area contributed by atoms with Gasteiger partial charge in [0, 0.05) is 12.3 Å². The molecule has 1 aromatic carbocycles. The molecule has 0 amide bonds. The number of nitrogens with zero attached hydrogens (tertiary/aromatic N) is 4. The van der Waals surface area contributed by atoms with Gasteiger partial charge in [0.25, 0.3) is 5.22 Å². The van der Waals surface area contributed by atoms with E-state index >= 15 is 0 Å². The molecule has 0 fully saturated rings. The molecule has 8 heteroatoms. The third-order valence-corrected chi connectivity index (χ3v) is 4.12. The molecule has 1 unspecified atom stereocenters. The Kier molecular flexibility index (Phi) is 3.19. The molecule has 0 N–H and O–H groups in total. The van der Waals surface area contributed by atoms with E-state index in [1.54, 1.807) is 6.33 Å². The standard InChI is InChI=1S/C15H11FN4O2S/c1-23(21)15-19-11-3-2-9(4-13(11)22-15)7-20-8-18-12-5-10(16)6-17-14(12)20/h2-6,8H,7H2,1H3. The van der Waals surface area contributed by atoms with Crippen LogP contribution in [0, 0.1) is 5.82 Å². The predicted molar refractivity (Wildman–Crippen MR) is 82.9 cm³/mol. The summed E-state index contributed by atoms with van der Waals surface area (Å²) in [5.41, 5.74) is 3.31. The minimum Gasteiger partial charge on any atom is -0.430 e. The summed E-state index contributed by atoms with van der Waals surface area (Å²) in [5, 5.41) is 0.211. The van der Waals surface area contributed by atoms with Crippen molar-refractivity contribution in [3.05, 3.63) is 48.2 Å². The first-order chi connectivity index (χ1) is 11.1. The molecule has 0 aliphatic heterocycles. The average molecular weight is 330 g/mol. The number of hydrogen-bond acceptors (Lipinski definition) is 5. The molecule has 4 rings (SSSR count). The number of hydrogen-bond donors (Lipinski definition) is 0. The van der Waals surface area contributed by atoms with Gasteiger partial charge in [-0.3, -0.25) is 0 Å². The first-order valence-corrected chi connectivity index (χ1v) is 8.35. The number of aromatic nitrogens is 4. The van der Waals surface area contributed by atoms with Crippen molar-refractivity contribution in [2.45, 2.75) is 11.8 Å². The molecule has 3 aromatic heterocycles. The number of fused-ring (bicyclic) bond motifs is 2. The van der Waals surface area contributed by atoms with Gasteiger partial charge < -0.3 is 8.98 Å². The Morgan fingerprint density at radius 3 is 2.96 bits per heavy atom. The van der Waals surface area contributed by atoms with Crippen LogP contribution in [0.15, 0.2) is 46.4 Å². The van der Waals surface area contributed by atoms with E-state index in [-0.39, 0.29) is 5.22 Å². The van der Waals surface area contributed by atoms with Gasteiger partial charge in [-0.2, -0.15) is 0 Å². The molecule has 0 spiro atoms. The van der Waals surface area contributed by atoms with E-state index in [0.29, 0.717) is 28.8 Å². The summed E-state index contributed by atoms with van der Waals surface area (Å²) in [6.07, 6.45) is 4.31. The number of oxazole rings is 1. The number of halogens is 1. The van der Waals surface area contributed by atoms with Crippen molar-refractivity contribution in [1.82, 2.24) is 19.5 Å². The normalized spacial score (nSPS) is 13.0. The quantitative estimate of drug-likeness (QED) is 0.577. The van der Waals surface area contributed by atoms with Crippen molar-refractivity contribution >= 4 is 33.1 Å². The molecular weight excluding hydrogens is 319 g/mol. The molecule has 4 aromatic rings. The largest absolute Gasteiger partial charge is 0.430 e. The molecule has 116 valence electrons. The molecule has 3 heterocycles. The van der Waals surface area contributed by atoms with E-state index in [9.17, 15) is 8.60 Å². The van der Waals surface area contributed by atoms with Crippen LogP contribution in [-0.4, -0.2) is 30.0 Å². The van der Waals surface area contributed by atoms with Crippen molar-refractivity contribution in [3.8, 4) is 0 Å². The van der Waals surface area contributed by atoms with Gasteiger partial charge in [0.2, 0.25) is 0 Å². The summed E-state index contributed by atoms with van der Waals surface area (Å²) in [4.78, 5) is 12.4. The van der Waals surface area contributed by atoms with Gasteiger partial charge in [-0.05, 0) is 17.7 Å². The van der Waals surface area contributed by atoms with Crippen LogP contribution in [0.3, 0.4) is 0 Å². The highest BCUT2D eigenvalue weighted by Gasteiger charge is 2.11. The maximum Gasteiger partial charge on any atom is 0.287 e. The van der Waals surface area contributed by atoms with E-state index in [1.165, 1.54) is 18.5 Å². The van der Waals surface area contributed by atoms with Crippen LogP contribution in [0.1, 0.15) is 5.56 Å².